The fourth-order valence-electron chi connectivity index (χ4n) is 4.04. The maximum atomic E-state index is 12.3. The second-order valence-electron chi connectivity index (χ2n) is 8.11. The average molecular weight is 454 g/mol. The molecule has 1 fully saturated rings. The standard InChI is InChI=1S/C24H26N2O7/c1-31-20(22(27)26-33-21(23(28)29)14-10-11-14)12-25-24(30)32-13-19-17-8-4-2-6-15(17)16-7-3-5-9-18(16)19/h2-9,14,19-21H,10-13H2,1H3,(H,25,30)(H,26,27)(H,28,29). The fourth-order valence-corrected chi connectivity index (χ4v) is 4.04. The normalized spacial score (nSPS) is 16.3. The highest BCUT2D eigenvalue weighted by molar-refractivity contribution is 5.81. The van der Waals surface area contributed by atoms with Crippen LogP contribution in [0, 0.1) is 5.92 Å². The number of fused-ring (bicyclic) bond motifs is 3. The van der Waals surface area contributed by atoms with Gasteiger partial charge < -0.3 is 19.9 Å². The Labute approximate surface area is 191 Å². The van der Waals surface area contributed by atoms with Crippen molar-refractivity contribution in [3.8, 4) is 11.1 Å². The number of carboxylic acid groups (broad SMARTS) is 1. The Morgan fingerprint density at radius 1 is 1.03 bits per heavy atom. The number of amides is 2. The van der Waals surface area contributed by atoms with Gasteiger partial charge >= 0.3 is 12.1 Å². The molecule has 33 heavy (non-hydrogen) atoms. The first-order chi connectivity index (χ1) is 16.0. The molecule has 2 amide bonds. The number of rotatable bonds is 10. The summed E-state index contributed by atoms with van der Waals surface area (Å²) in [6, 6.07) is 16.0. The van der Waals surface area contributed by atoms with Crippen LogP contribution < -0.4 is 10.8 Å². The van der Waals surface area contributed by atoms with Gasteiger partial charge in [-0.25, -0.2) is 15.1 Å². The summed E-state index contributed by atoms with van der Waals surface area (Å²) < 4.78 is 10.5. The molecular formula is C24H26N2O7. The number of nitrogens with one attached hydrogen (secondary N) is 2. The van der Waals surface area contributed by atoms with Gasteiger partial charge in [0.05, 0.1) is 6.54 Å². The molecule has 0 aromatic heterocycles. The van der Waals surface area contributed by atoms with Gasteiger partial charge in [0.15, 0.2) is 12.2 Å². The predicted octanol–water partition coefficient (Wildman–Crippen LogP) is 2.45. The zero-order valence-electron chi connectivity index (χ0n) is 18.2. The van der Waals surface area contributed by atoms with Gasteiger partial charge in [-0.1, -0.05) is 48.5 Å². The van der Waals surface area contributed by atoms with Crippen molar-refractivity contribution in [2.45, 2.75) is 31.0 Å². The Morgan fingerprint density at radius 2 is 1.64 bits per heavy atom. The highest BCUT2D eigenvalue weighted by atomic mass is 16.7. The summed E-state index contributed by atoms with van der Waals surface area (Å²) in [6.07, 6.45) is -1.37. The van der Waals surface area contributed by atoms with Crippen LogP contribution in [0.5, 0.6) is 0 Å². The minimum atomic E-state index is -1.14. The average Bonchev–Trinajstić information content (AvgIpc) is 3.60. The number of hydrogen-bond donors (Lipinski definition) is 3. The number of hydrogen-bond acceptors (Lipinski definition) is 6. The summed E-state index contributed by atoms with van der Waals surface area (Å²) in [5, 5.41) is 11.7. The topological polar surface area (TPSA) is 123 Å². The third-order valence-corrected chi connectivity index (χ3v) is 5.93. The summed E-state index contributed by atoms with van der Waals surface area (Å²) in [5.41, 5.74) is 6.58. The third-order valence-electron chi connectivity index (χ3n) is 5.93. The number of benzene rings is 2. The van der Waals surface area contributed by atoms with Crippen LogP contribution in [0.1, 0.15) is 29.9 Å². The van der Waals surface area contributed by atoms with Gasteiger partial charge in [-0.2, -0.15) is 0 Å². The summed E-state index contributed by atoms with van der Waals surface area (Å²) in [5.74, 6) is -2.01. The number of aliphatic carboxylic acids is 1. The van der Waals surface area contributed by atoms with Gasteiger partial charge in [-0.15, -0.1) is 0 Å². The predicted molar refractivity (Wildman–Crippen MR) is 117 cm³/mol. The number of ether oxygens (including phenoxy) is 2. The molecule has 2 unspecified atom stereocenters. The lowest BCUT2D eigenvalue weighted by atomic mass is 9.98. The molecule has 2 aliphatic rings. The largest absolute Gasteiger partial charge is 0.479 e. The van der Waals surface area contributed by atoms with E-state index in [4.69, 9.17) is 19.4 Å². The van der Waals surface area contributed by atoms with Crippen molar-refractivity contribution >= 4 is 18.0 Å². The molecule has 9 heteroatoms. The monoisotopic (exact) mass is 454 g/mol. The minimum absolute atomic E-state index is 0.0755. The second kappa shape index (κ2) is 10.0. The number of carbonyl (C=O) groups excluding carboxylic acids is 2. The van der Waals surface area contributed by atoms with Crippen molar-refractivity contribution in [3.05, 3.63) is 59.7 Å². The van der Waals surface area contributed by atoms with Crippen molar-refractivity contribution in [2.75, 3.05) is 20.3 Å². The Morgan fingerprint density at radius 3 is 2.18 bits per heavy atom. The lowest BCUT2D eigenvalue weighted by Gasteiger charge is -2.19. The van der Waals surface area contributed by atoms with Crippen molar-refractivity contribution in [1.82, 2.24) is 10.8 Å². The van der Waals surface area contributed by atoms with E-state index in [0.717, 1.165) is 35.1 Å². The Kier molecular flexibility index (Phi) is 6.90. The highest BCUT2D eigenvalue weighted by Crippen LogP contribution is 2.44. The van der Waals surface area contributed by atoms with Gasteiger partial charge in [-0.05, 0) is 41.0 Å². The molecular weight excluding hydrogens is 428 g/mol. The van der Waals surface area contributed by atoms with Crippen LogP contribution >= 0.6 is 0 Å². The highest BCUT2D eigenvalue weighted by Gasteiger charge is 2.38. The van der Waals surface area contributed by atoms with Crippen LogP contribution in [0.2, 0.25) is 0 Å². The van der Waals surface area contributed by atoms with E-state index >= 15 is 0 Å². The van der Waals surface area contributed by atoms with Gasteiger partial charge in [0.1, 0.15) is 6.61 Å². The Hall–Kier alpha value is -3.43. The van der Waals surface area contributed by atoms with Crippen LogP contribution in [0.25, 0.3) is 11.1 Å². The van der Waals surface area contributed by atoms with E-state index in [9.17, 15) is 14.4 Å². The Balaban J connectivity index is 1.27. The molecule has 0 bridgehead atoms. The minimum Gasteiger partial charge on any atom is -0.479 e. The van der Waals surface area contributed by atoms with E-state index < -0.39 is 30.2 Å². The molecule has 2 aliphatic carbocycles. The van der Waals surface area contributed by atoms with E-state index in [1.54, 1.807) is 0 Å². The van der Waals surface area contributed by atoms with E-state index in [2.05, 4.69) is 22.9 Å². The number of hydroxylamine groups is 1. The molecule has 2 aromatic carbocycles. The number of alkyl carbamates (subject to hydrolysis) is 1. The first kappa shape index (κ1) is 22.8. The van der Waals surface area contributed by atoms with E-state index in [-0.39, 0.29) is 25.0 Å². The summed E-state index contributed by atoms with van der Waals surface area (Å²) in [7, 11) is 1.30. The molecule has 9 nitrogen and oxygen atoms in total. The zero-order chi connectivity index (χ0) is 23.4. The molecule has 0 saturated heterocycles. The molecule has 0 heterocycles. The Bertz CT molecular complexity index is 991. The maximum Gasteiger partial charge on any atom is 0.407 e. The van der Waals surface area contributed by atoms with E-state index in [1.807, 2.05) is 36.4 Å². The summed E-state index contributed by atoms with van der Waals surface area (Å²) in [6.45, 7) is -0.0158. The molecule has 174 valence electrons. The first-order valence-electron chi connectivity index (χ1n) is 10.8. The molecule has 0 spiro atoms. The quantitative estimate of drug-likeness (QED) is 0.471. The van der Waals surface area contributed by atoms with Gasteiger partial charge in [-0.3, -0.25) is 9.63 Å². The van der Waals surface area contributed by atoms with Crippen molar-refractivity contribution < 1.29 is 33.8 Å². The first-order valence-corrected chi connectivity index (χ1v) is 10.8. The summed E-state index contributed by atoms with van der Waals surface area (Å²) in [4.78, 5) is 40.8. The number of methoxy groups -OCH3 is 1. The molecule has 2 aromatic rings. The lowest BCUT2D eigenvalue weighted by molar-refractivity contribution is -0.165. The van der Waals surface area contributed by atoms with Crippen LogP contribution in [-0.4, -0.2) is 55.5 Å². The maximum absolute atomic E-state index is 12.3. The van der Waals surface area contributed by atoms with E-state index in [1.165, 1.54) is 7.11 Å². The van der Waals surface area contributed by atoms with Crippen LogP contribution in [0.4, 0.5) is 4.79 Å². The molecule has 0 aliphatic heterocycles. The fraction of sp³-hybridized carbons (Fsp3) is 0.375. The van der Waals surface area contributed by atoms with Gasteiger partial charge in [0, 0.05) is 13.0 Å². The van der Waals surface area contributed by atoms with Crippen LogP contribution in [-0.2, 0) is 23.9 Å². The smallest absolute Gasteiger partial charge is 0.407 e. The van der Waals surface area contributed by atoms with E-state index in [0.29, 0.717) is 0 Å². The zero-order valence-corrected chi connectivity index (χ0v) is 18.2. The molecule has 4 rings (SSSR count). The van der Waals surface area contributed by atoms with Crippen molar-refractivity contribution in [3.63, 3.8) is 0 Å². The molecule has 1 saturated carbocycles. The van der Waals surface area contributed by atoms with Gasteiger partial charge in [0.25, 0.3) is 5.91 Å². The molecule has 0 radical (unpaired) electrons. The number of carboxylic acids is 1. The van der Waals surface area contributed by atoms with Gasteiger partial charge in [0.2, 0.25) is 0 Å². The van der Waals surface area contributed by atoms with Crippen molar-refractivity contribution in [2.24, 2.45) is 5.92 Å². The SMILES string of the molecule is COC(CNC(=O)OCC1c2ccccc2-c2ccccc21)C(=O)NOC(C(=O)O)C1CC1. The second-order valence-corrected chi connectivity index (χ2v) is 8.11. The molecule has 3 N–H and O–H groups in total. The third kappa shape index (κ3) is 5.15. The molecule has 2 atom stereocenters. The lowest BCUT2D eigenvalue weighted by Crippen LogP contribution is -2.46. The summed E-state index contributed by atoms with van der Waals surface area (Å²) >= 11 is 0. The van der Waals surface area contributed by atoms with Crippen LogP contribution in [0.3, 0.4) is 0 Å². The van der Waals surface area contributed by atoms with Crippen molar-refractivity contribution in [1.29, 1.82) is 0 Å². The number of carbonyl (C=O) groups is 3. The van der Waals surface area contributed by atoms with Crippen LogP contribution in [0.15, 0.2) is 48.5 Å².